The van der Waals surface area contributed by atoms with Gasteiger partial charge < -0.3 is 24.8 Å². The van der Waals surface area contributed by atoms with Gasteiger partial charge in [-0.25, -0.2) is 4.79 Å². The van der Waals surface area contributed by atoms with E-state index in [0.717, 1.165) is 5.56 Å². The van der Waals surface area contributed by atoms with Crippen molar-refractivity contribution in [1.29, 1.82) is 0 Å². The van der Waals surface area contributed by atoms with Crippen LogP contribution < -0.4 is 5.32 Å². The fourth-order valence-corrected chi connectivity index (χ4v) is 4.36. The molecule has 2 aliphatic rings. The molecule has 2 unspecified atom stereocenters. The second-order valence-corrected chi connectivity index (χ2v) is 9.92. The molecule has 2 atom stereocenters. The van der Waals surface area contributed by atoms with Crippen molar-refractivity contribution in [2.24, 2.45) is 5.92 Å². The maximum Gasteiger partial charge on any atom is 0.407 e. The highest BCUT2D eigenvalue weighted by atomic mass is 16.6. The van der Waals surface area contributed by atoms with E-state index in [2.05, 4.69) is 5.32 Å². The predicted octanol–water partition coefficient (Wildman–Crippen LogP) is 2.18. The Hall–Kier alpha value is -3.10. The van der Waals surface area contributed by atoms with Crippen molar-refractivity contribution in [1.82, 2.24) is 20.0 Å². The highest BCUT2D eigenvalue weighted by Crippen LogP contribution is 2.29. The zero-order chi connectivity index (χ0) is 24.9. The number of likely N-dealkylation sites (tertiary alicyclic amines) is 1. The molecule has 1 aromatic carbocycles. The van der Waals surface area contributed by atoms with E-state index >= 15 is 0 Å². The van der Waals surface area contributed by atoms with Gasteiger partial charge in [0, 0.05) is 52.1 Å². The lowest BCUT2D eigenvalue weighted by Gasteiger charge is -2.36. The number of hydrogen-bond acceptors (Lipinski definition) is 5. The fraction of sp³-hybridized carbons (Fsp3) is 0.600. The van der Waals surface area contributed by atoms with Crippen molar-refractivity contribution in [2.45, 2.75) is 52.2 Å². The Balaban J connectivity index is 1.42. The number of carbonyl (C=O) groups excluding carboxylic acids is 4. The van der Waals surface area contributed by atoms with Gasteiger partial charge in [0.25, 0.3) is 0 Å². The molecule has 9 heteroatoms. The van der Waals surface area contributed by atoms with Crippen LogP contribution in [0.1, 0.15) is 52.1 Å². The van der Waals surface area contributed by atoms with E-state index in [1.807, 2.05) is 37.3 Å². The SMILES string of the molecule is CC(c1ccccc1)N1CC(C(=O)N2CCN(C(=O)CCNC(=O)OC(C)(C)C)CC2)CC1=O. The number of carbonyl (C=O) groups is 4. The monoisotopic (exact) mass is 472 g/mol. The zero-order valence-electron chi connectivity index (χ0n) is 20.6. The topological polar surface area (TPSA) is 99.3 Å². The minimum atomic E-state index is -0.586. The number of nitrogens with zero attached hydrogens (tertiary/aromatic N) is 3. The van der Waals surface area contributed by atoms with Gasteiger partial charge in [0.1, 0.15) is 5.60 Å². The largest absolute Gasteiger partial charge is 0.444 e. The van der Waals surface area contributed by atoms with E-state index in [-0.39, 0.29) is 49.1 Å². The molecule has 0 aliphatic carbocycles. The van der Waals surface area contributed by atoms with Gasteiger partial charge in [0.05, 0.1) is 12.0 Å². The zero-order valence-corrected chi connectivity index (χ0v) is 20.6. The summed E-state index contributed by atoms with van der Waals surface area (Å²) in [6.07, 6.45) is -0.139. The average Bonchev–Trinajstić information content (AvgIpc) is 3.19. The molecule has 186 valence electrons. The second-order valence-electron chi connectivity index (χ2n) is 9.92. The number of amides is 4. The Morgan fingerprint density at radius 3 is 2.29 bits per heavy atom. The van der Waals surface area contributed by atoms with E-state index in [1.54, 1.807) is 35.5 Å². The molecular weight excluding hydrogens is 436 g/mol. The number of rotatable bonds is 6. The van der Waals surface area contributed by atoms with Crippen LogP contribution in [0.25, 0.3) is 0 Å². The molecule has 1 N–H and O–H groups in total. The highest BCUT2D eigenvalue weighted by molar-refractivity contribution is 5.89. The first-order valence-corrected chi connectivity index (χ1v) is 11.9. The fourth-order valence-electron chi connectivity index (χ4n) is 4.36. The van der Waals surface area contributed by atoms with E-state index in [9.17, 15) is 19.2 Å². The first-order chi connectivity index (χ1) is 16.0. The molecule has 2 aliphatic heterocycles. The third-order valence-corrected chi connectivity index (χ3v) is 6.21. The summed E-state index contributed by atoms with van der Waals surface area (Å²) < 4.78 is 5.16. The van der Waals surface area contributed by atoms with Gasteiger partial charge in [-0.05, 0) is 33.3 Å². The van der Waals surface area contributed by atoms with Gasteiger partial charge in [-0.15, -0.1) is 0 Å². The number of benzene rings is 1. The summed E-state index contributed by atoms with van der Waals surface area (Å²) in [4.78, 5) is 55.1. The van der Waals surface area contributed by atoms with Gasteiger partial charge in [-0.3, -0.25) is 14.4 Å². The number of nitrogens with one attached hydrogen (secondary N) is 1. The van der Waals surface area contributed by atoms with Crippen molar-refractivity contribution in [2.75, 3.05) is 39.3 Å². The summed E-state index contributed by atoms with van der Waals surface area (Å²) in [5, 5.41) is 2.59. The average molecular weight is 473 g/mol. The Labute approximate surface area is 201 Å². The van der Waals surface area contributed by atoms with Crippen molar-refractivity contribution in [3.63, 3.8) is 0 Å². The van der Waals surface area contributed by atoms with Crippen molar-refractivity contribution in [3.05, 3.63) is 35.9 Å². The summed E-state index contributed by atoms with van der Waals surface area (Å²) in [6, 6.07) is 9.75. The normalized spacial score (nSPS) is 19.7. The molecule has 2 fully saturated rings. The van der Waals surface area contributed by atoms with E-state index < -0.39 is 11.7 Å². The minimum Gasteiger partial charge on any atom is -0.444 e. The van der Waals surface area contributed by atoms with Crippen LogP contribution in [0.15, 0.2) is 30.3 Å². The molecule has 0 bridgehead atoms. The van der Waals surface area contributed by atoms with Gasteiger partial charge in [-0.2, -0.15) is 0 Å². The molecule has 0 saturated carbocycles. The first kappa shape index (κ1) is 25.5. The Bertz CT molecular complexity index is 890. The number of piperazine rings is 1. The number of ether oxygens (including phenoxy) is 1. The van der Waals surface area contributed by atoms with Crippen LogP contribution >= 0.6 is 0 Å². The van der Waals surface area contributed by atoms with Gasteiger partial charge in [0.2, 0.25) is 17.7 Å². The van der Waals surface area contributed by atoms with Gasteiger partial charge in [0.15, 0.2) is 0 Å². The molecule has 34 heavy (non-hydrogen) atoms. The molecule has 9 nitrogen and oxygen atoms in total. The van der Waals surface area contributed by atoms with Gasteiger partial charge in [-0.1, -0.05) is 30.3 Å². The predicted molar refractivity (Wildman–Crippen MR) is 127 cm³/mol. The smallest absolute Gasteiger partial charge is 0.407 e. The Morgan fingerprint density at radius 1 is 1.06 bits per heavy atom. The van der Waals surface area contributed by atoms with Crippen molar-refractivity contribution < 1.29 is 23.9 Å². The lowest BCUT2D eigenvalue weighted by atomic mass is 10.1. The van der Waals surface area contributed by atoms with Crippen LogP contribution in [0.4, 0.5) is 4.79 Å². The molecule has 2 heterocycles. The molecule has 0 radical (unpaired) electrons. The molecule has 0 spiro atoms. The summed E-state index contributed by atoms with van der Waals surface area (Å²) in [5.74, 6) is -0.434. The Kier molecular flexibility index (Phi) is 8.17. The molecule has 0 aromatic heterocycles. The quantitative estimate of drug-likeness (QED) is 0.684. The van der Waals surface area contributed by atoms with Crippen LogP contribution in [-0.4, -0.2) is 83.4 Å². The van der Waals surface area contributed by atoms with Crippen LogP contribution in [-0.2, 0) is 19.1 Å². The molecule has 1 aromatic rings. The number of hydrogen-bond donors (Lipinski definition) is 1. The van der Waals surface area contributed by atoms with E-state index in [4.69, 9.17) is 4.74 Å². The second kappa shape index (κ2) is 10.9. The lowest BCUT2D eigenvalue weighted by Crippen LogP contribution is -2.52. The van der Waals surface area contributed by atoms with Gasteiger partial charge >= 0.3 is 6.09 Å². The maximum absolute atomic E-state index is 13.1. The number of alkyl carbamates (subject to hydrolysis) is 1. The van der Waals surface area contributed by atoms with Crippen molar-refractivity contribution in [3.8, 4) is 0 Å². The van der Waals surface area contributed by atoms with Crippen LogP contribution in [0.2, 0.25) is 0 Å². The summed E-state index contributed by atoms with van der Waals surface area (Å²) in [5.41, 5.74) is 0.467. The highest BCUT2D eigenvalue weighted by Gasteiger charge is 2.39. The summed E-state index contributed by atoms with van der Waals surface area (Å²) in [6.45, 7) is 9.73. The molecule has 3 rings (SSSR count). The molecule has 4 amide bonds. The Morgan fingerprint density at radius 2 is 1.68 bits per heavy atom. The first-order valence-electron chi connectivity index (χ1n) is 11.9. The minimum absolute atomic E-state index is 0.000930. The van der Waals surface area contributed by atoms with Crippen LogP contribution in [0.5, 0.6) is 0 Å². The molecule has 2 saturated heterocycles. The van der Waals surface area contributed by atoms with Crippen molar-refractivity contribution >= 4 is 23.8 Å². The van der Waals surface area contributed by atoms with E-state index in [1.165, 1.54) is 0 Å². The standard InChI is InChI=1S/C25H36N4O5/c1-18(19-8-6-5-7-9-19)29-17-20(16-22(29)31)23(32)28-14-12-27(13-15-28)21(30)10-11-26-24(33)34-25(2,3)4/h5-9,18,20H,10-17H2,1-4H3,(H,26,33). The summed E-state index contributed by atoms with van der Waals surface area (Å²) in [7, 11) is 0. The maximum atomic E-state index is 13.1. The third kappa shape index (κ3) is 6.71. The van der Waals surface area contributed by atoms with Crippen LogP contribution in [0, 0.1) is 5.92 Å². The molecular formula is C25H36N4O5. The van der Waals surface area contributed by atoms with Crippen LogP contribution in [0.3, 0.4) is 0 Å². The van der Waals surface area contributed by atoms with E-state index in [0.29, 0.717) is 32.7 Å². The lowest BCUT2D eigenvalue weighted by molar-refractivity contribution is -0.142. The summed E-state index contributed by atoms with van der Waals surface area (Å²) >= 11 is 0. The third-order valence-electron chi connectivity index (χ3n) is 6.21.